The van der Waals surface area contributed by atoms with E-state index in [2.05, 4.69) is 0 Å². The Kier molecular flexibility index (Phi) is 4.99. The molecular weight excluding hydrogens is 297 g/mol. The van der Waals surface area contributed by atoms with E-state index in [0.717, 1.165) is 6.42 Å². The van der Waals surface area contributed by atoms with Gasteiger partial charge in [-0.1, -0.05) is 30.1 Å². The van der Waals surface area contributed by atoms with E-state index in [0.29, 0.717) is 39.6 Å². The van der Waals surface area contributed by atoms with Crippen LogP contribution < -0.4 is 15.2 Å². The van der Waals surface area contributed by atoms with Crippen LogP contribution in [0.15, 0.2) is 36.4 Å². The number of anilines is 1. The molecule has 0 aliphatic carbocycles. The van der Waals surface area contributed by atoms with E-state index in [9.17, 15) is 0 Å². The van der Waals surface area contributed by atoms with Crippen LogP contribution in [0.2, 0.25) is 10.0 Å². The quantitative estimate of drug-likeness (QED) is 0.776. The van der Waals surface area contributed by atoms with Gasteiger partial charge in [-0.15, -0.1) is 0 Å². The summed E-state index contributed by atoms with van der Waals surface area (Å²) in [5.74, 6) is 1.76. The number of hydrogen-bond donors (Lipinski definition) is 1. The molecule has 0 aromatic heterocycles. The molecule has 2 aromatic rings. The fourth-order valence-electron chi connectivity index (χ4n) is 1.64. The lowest BCUT2D eigenvalue weighted by atomic mass is 10.3. The highest BCUT2D eigenvalue weighted by Gasteiger charge is 2.06. The van der Waals surface area contributed by atoms with Crippen molar-refractivity contribution >= 4 is 28.9 Å². The summed E-state index contributed by atoms with van der Waals surface area (Å²) in [6, 6.07) is 10.3. The highest BCUT2D eigenvalue weighted by atomic mass is 35.5. The van der Waals surface area contributed by atoms with Gasteiger partial charge in [0.05, 0.1) is 11.6 Å². The van der Waals surface area contributed by atoms with Gasteiger partial charge < -0.3 is 15.2 Å². The number of nitrogen functional groups attached to an aromatic ring is 1. The van der Waals surface area contributed by atoms with Crippen LogP contribution in [0.25, 0.3) is 0 Å². The first-order chi connectivity index (χ1) is 9.58. The number of rotatable bonds is 5. The molecule has 0 saturated carbocycles. The standard InChI is InChI=1S/C15H15Cl2NO2/c1-2-5-19-12-7-11(18)8-13(9-12)20-15-4-3-10(16)6-14(15)17/h3-4,6-9H,2,5,18H2,1H3. The lowest BCUT2D eigenvalue weighted by Gasteiger charge is -2.11. The summed E-state index contributed by atoms with van der Waals surface area (Å²) in [4.78, 5) is 0. The van der Waals surface area contributed by atoms with Crippen molar-refractivity contribution in [1.82, 2.24) is 0 Å². The summed E-state index contributed by atoms with van der Waals surface area (Å²) in [6.07, 6.45) is 0.925. The zero-order chi connectivity index (χ0) is 14.5. The molecule has 0 radical (unpaired) electrons. The largest absolute Gasteiger partial charge is 0.493 e. The number of hydrogen-bond acceptors (Lipinski definition) is 3. The van der Waals surface area contributed by atoms with Crippen molar-refractivity contribution < 1.29 is 9.47 Å². The molecule has 2 N–H and O–H groups in total. The van der Waals surface area contributed by atoms with Crippen molar-refractivity contribution in [2.75, 3.05) is 12.3 Å². The fraction of sp³-hybridized carbons (Fsp3) is 0.200. The smallest absolute Gasteiger partial charge is 0.146 e. The van der Waals surface area contributed by atoms with Crippen LogP contribution in [-0.2, 0) is 0 Å². The fourth-order valence-corrected chi connectivity index (χ4v) is 2.09. The predicted molar refractivity (Wildman–Crippen MR) is 83.2 cm³/mol. The van der Waals surface area contributed by atoms with Gasteiger partial charge in [0.1, 0.15) is 17.2 Å². The molecule has 0 bridgehead atoms. The van der Waals surface area contributed by atoms with Gasteiger partial charge in [0.2, 0.25) is 0 Å². The molecule has 0 heterocycles. The van der Waals surface area contributed by atoms with Crippen molar-refractivity contribution in [1.29, 1.82) is 0 Å². The van der Waals surface area contributed by atoms with E-state index in [1.807, 2.05) is 6.92 Å². The molecule has 106 valence electrons. The molecule has 0 atom stereocenters. The van der Waals surface area contributed by atoms with Gasteiger partial charge in [-0.3, -0.25) is 0 Å². The van der Waals surface area contributed by atoms with Crippen molar-refractivity contribution in [3.05, 3.63) is 46.4 Å². The first-order valence-electron chi connectivity index (χ1n) is 6.24. The third-order valence-electron chi connectivity index (χ3n) is 2.50. The predicted octanol–water partition coefficient (Wildman–Crippen LogP) is 5.16. The Hall–Kier alpha value is -1.58. The molecular formula is C15H15Cl2NO2. The normalized spacial score (nSPS) is 10.3. The van der Waals surface area contributed by atoms with Crippen LogP contribution in [0.4, 0.5) is 5.69 Å². The van der Waals surface area contributed by atoms with Gasteiger partial charge >= 0.3 is 0 Å². The minimum Gasteiger partial charge on any atom is -0.493 e. The summed E-state index contributed by atoms with van der Waals surface area (Å²) in [7, 11) is 0. The maximum absolute atomic E-state index is 6.07. The van der Waals surface area contributed by atoms with E-state index in [1.54, 1.807) is 36.4 Å². The Bertz CT molecular complexity index is 602. The average Bonchev–Trinajstić information content (AvgIpc) is 2.39. The number of halogens is 2. The van der Waals surface area contributed by atoms with Crippen LogP contribution in [0, 0.1) is 0 Å². The highest BCUT2D eigenvalue weighted by molar-refractivity contribution is 6.35. The van der Waals surface area contributed by atoms with Gasteiger partial charge in [-0.05, 0) is 24.6 Å². The van der Waals surface area contributed by atoms with Gasteiger partial charge in [-0.25, -0.2) is 0 Å². The number of ether oxygens (including phenoxy) is 2. The Labute approximate surface area is 128 Å². The summed E-state index contributed by atoms with van der Waals surface area (Å²) >= 11 is 11.9. The molecule has 0 aliphatic heterocycles. The topological polar surface area (TPSA) is 44.5 Å². The summed E-state index contributed by atoms with van der Waals surface area (Å²) in [5, 5.41) is 0.998. The Morgan fingerprint density at radius 1 is 1.05 bits per heavy atom. The highest BCUT2D eigenvalue weighted by Crippen LogP contribution is 2.34. The van der Waals surface area contributed by atoms with E-state index in [4.69, 9.17) is 38.4 Å². The molecule has 2 rings (SSSR count). The van der Waals surface area contributed by atoms with E-state index in [1.165, 1.54) is 0 Å². The summed E-state index contributed by atoms with van der Waals surface area (Å²) in [5.41, 5.74) is 6.40. The Balaban J connectivity index is 2.21. The molecule has 0 aliphatic rings. The second kappa shape index (κ2) is 6.73. The van der Waals surface area contributed by atoms with E-state index in [-0.39, 0.29) is 0 Å². The van der Waals surface area contributed by atoms with Crippen LogP contribution in [-0.4, -0.2) is 6.61 Å². The molecule has 5 heteroatoms. The molecule has 2 aromatic carbocycles. The maximum atomic E-state index is 6.07. The van der Waals surface area contributed by atoms with Crippen LogP contribution in [0.3, 0.4) is 0 Å². The third kappa shape index (κ3) is 3.95. The van der Waals surface area contributed by atoms with Crippen molar-refractivity contribution in [2.45, 2.75) is 13.3 Å². The minimum absolute atomic E-state index is 0.441. The number of benzene rings is 2. The monoisotopic (exact) mass is 311 g/mol. The second-order valence-corrected chi connectivity index (χ2v) is 5.11. The van der Waals surface area contributed by atoms with Crippen molar-refractivity contribution in [3.63, 3.8) is 0 Å². The zero-order valence-electron chi connectivity index (χ0n) is 11.0. The molecule has 0 unspecified atom stereocenters. The second-order valence-electron chi connectivity index (χ2n) is 4.26. The van der Waals surface area contributed by atoms with Crippen molar-refractivity contribution in [3.8, 4) is 17.2 Å². The lowest BCUT2D eigenvalue weighted by Crippen LogP contribution is -1.97. The minimum atomic E-state index is 0.441. The van der Waals surface area contributed by atoms with Gasteiger partial charge in [0, 0.05) is 28.9 Å². The maximum Gasteiger partial charge on any atom is 0.146 e. The van der Waals surface area contributed by atoms with Crippen molar-refractivity contribution in [2.24, 2.45) is 0 Å². The third-order valence-corrected chi connectivity index (χ3v) is 3.03. The van der Waals surface area contributed by atoms with E-state index < -0.39 is 0 Å². The number of nitrogens with two attached hydrogens (primary N) is 1. The molecule has 0 saturated heterocycles. The Morgan fingerprint density at radius 3 is 2.50 bits per heavy atom. The van der Waals surface area contributed by atoms with Gasteiger partial charge in [0.15, 0.2) is 0 Å². The van der Waals surface area contributed by atoms with Crippen LogP contribution in [0.1, 0.15) is 13.3 Å². The lowest BCUT2D eigenvalue weighted by molar-refractivity contribution is 0.316. The molecule has 3 nitrogen and oxygen atoms in total. The summed E-state index contributed by atoms with van der Waals surface area (Å²) < 4.78 is 11.3. The summed E-state index contributed by atoms with van der Waals surface area (Å²) in [6.45, 7) is 2.67. The molecule has 0 amide bonds. The van der Waals surface area contributed by atoms with Gasteiger partial charge in [-0.2, -0.15) is 0 Å². The van der Waals surface area contributed by atoms with E-state index >= 15 is 0 Å². The average molecular weight is 312 g/mol. The van der Waals surface area contributed by atoms with Crippen LogP contribution in [0.5, 0.6) is 17.2 Å². The first-order valence-corrected chi connectivity index (χ1v) is 7.00. The molecule has 0 fully saturated rings. The molecule has 0 spiro atoms. The Morgan fingerprint density at radius 2 is 1.80 bits per heavy atom. The van der Waals surface area contributed by atoms with Crippen LogP contribution >= 0.6 is 23.2 Å². The first kappa shape index (κ1) is 14.8. The zero-order valence-corrected chi connectivity index (χ0v) is 12.5. The SMILES string of the molecule is CCCOc1cc(N)cc(Oc2ccc(Cl)cc2Cl)c1. The van der Waals surface area contributed by atoms with Gasteiger partial charge in [0.25, 0.3) is 0 Å². The molecule has 20 heavy (non-hydrogen) atoms.